The van der Waals surface area contributed by atoms with Crippen molar-refractivity contribution in [3.8, 4) is 0 Å². The van der Waals surface area contributed by atoms with Gasteiger partial charge in [0.1, 0.15) is 5.82 Å². The summed E-state index contributed by atoms with van der Waals surface area (Å²) >= 11 is 0. The number of carbonyl (C=O) groups is 1. The second kappa shape index (κ2) is 8.19. The Morgan fingerprint density at radius 1 is 1.00 bits per heavy atom. The highest BCUT2D eigenvalue weighted by molar-refractivity contribution is 5.95. The lowest BCUT2D eigenvalue weighted by molar-refractivity contribution is 0.0920. The molecule has 1 aromatic heterocycles. The molecular formula is C25H24F3N3O. The van der Waals surface area contributed by atoms with Crippen LogP contribution < -0.4 is 5.32 Å². The lowest BCUT2D eigenvalue weighted by Gasteiger charge is -2.32. The van der Waals surface area contributed by atoms with Crippen molar-refractivity contribution < 1.29 is 18.0 Å². The third kappa shape index (κ3) is 4.20. The Morgan fingerprint density at radius 3 is 2.50 bits per heavy atom. The van der Waals surface area contributed by atoms with Crippen LogP contribution in [-0.2, 0) is 0 Å². The Kier molecular flexibility index (Phi) is 5.35. The van der Waals surface area contributed by atoms with Gasteiger partial charge in [-0.3, -0.25) is 4.79 Å². The van der Waals surface area contributed by atoms with E-state index in [1.165, 1.54) is 12.1 Å². The normalized spacial score (nSPS) is 22.0. The van der Waals surface area contributed by atoms with Crippen LogP contribution in [0.5, 0.6) is 0 Å². The Labute approximate surface area is 184 Å². The van der Waals surface area contributed by atoms with Crippen LogP contribution in [0.3, 0.4) is 0 Å². The van der Waals surface area contributed by atoms with E-state index in [0.29, 0.717) is 17.4 Å². The van der Waals surface area contributed by atoms with E-state index in [9.17, 15) is 18.0 Å². The second-order valence-corrected chi connectivity index (χ2v) is 9.25. The van der Waals surface area contributed by atoms with Crippen molar-refractivity contribution in [3.05, 3.63) is 71.2 Å². The maximum atomic E-state index is 13.8. The first-order valence-electron chi connectivity index (χ1n) is 11.1. The predicted molar refractivity (Wildman–Crippen MR) is 115 cm³/mol. The van der Waals surface area contributed by atoms with Crippen LogP contribution in [0.15, 0.2) is 42.6 Å². The van der Waals surface area contributed by atoms with Crippen LogP contribution >= 0.6 is 0 Å². The van der Waals surface area contributed by atoms with E-state index >= 15 is 0 Å². The van der Waals surface area contributed by atoms with Crippen LogP contribution in [0, 0.1) is 23.4 Å². The number of fused-ring (bicyclic) bond motifs is 1. The zero-order valence-electron chi connectivity index (χ0n) is 17.6. The van der Waals surface area contributed by atoms with Gasteiger partial charge in [-0.15, -0.1) is 0 Å². The molecule has 0 saturated heterocycles. The molecule has 2 aliphatic rings. The number of carbonyl (C=O) groups excluding carboxylic acids is 1. The molecule has 1 amide bonds. The molecule has 3 aromatic rings. The van der Waals surface area contributed by atoms with Crippen LogP contribution in [0.4, 0.5) is 13.2 Å². The number of nitrogens with one attached hydrogen (secondary N) is 1. The molecule has 1 N–H and O–H groups in total. The van der Waals surface area contributed by atoms with Crippen LogP contribution in [-0.4, -0.2) is 21.6 Å². The molecule has 32 heavy (non-hydrogen) atoms. The minimum atomic E-state index is -1.01. The first-order valence-corrected chi connectivity index (χ1v) is 11.1. The van der Waals surface area contributed by atoms with Crippen LogP contribution in [0.1, 0.15) is 66.8 Å². The van der Waals surface area contributed by atoms with E-state index in [0.717, 1.165) is 68.0 Å². The topological polar surface area (TPSA) is 54.9 Å². The Bertz CT molecular complexity index is 1170. The molecule has 2 saturated carbocycles. The van der Waals surface area contributed by atoms with E-state index in [4.69, 9.17) is 0 Å². The molecule has 2 aliphatic carbocycles. The van der Waals surface area contributed by atoms with Crippen molar-refractivity contribution in [1.82, 2.24) is 15.5 Å². The van der Waals surface area contributed by atoms with E-state index in [1.807, 2.05) is 0 Å². The molecule has 2 fully saturated rings. The first kappa shape index (κ1) is 20.9. The van der Waals surface area contributed by atoms with Crippen molar-refractivity contribution >= 4 is 16.8 Å². The summed E-state index contributed by atoms with van der Waals surface area (Å²) in [5.41, 5.74) is 1.67. The van der Waals surface area contributed by atoms with Gasteiger partial charge in [0.25, 0.3) is 5.91 Å². The van der Waals surface area contributed by atoms with E-state index in [2.05, 4.69) is 15.5 Å². The third-order valence-electron chi connectivity index (χ3n) is 7.01. The average molecular weight is 439 g/mol. The van der Waals surface area contributed by atoms with Crippen molar-refractivity contribution in [2.45, 2.75) is 56.4 Å². The number of aromatic nitrogens is 2. The summed E-state index contributed by atoms with van der Waals surface area (Å²) in [6.45, 7) is 0. The molecule has 0 aliphatic heterocycles. The molecule has 7 heteroatoms. The lowest BCUT2D eigenvalue weighted by Crippen LogP contribution is -2.39. The summed E-state index contributed by atoms with van der Waals surface area (Å²) in [5.74, 6) is -1.80. The minimum absolute atomic E-state index is 0.142. The van der Waals surface area contributed by atoms with Gasteiger partial charge in [0.15, 0.2) is 11.6 Å². The van der Waals surface area contributed by atoms with Gasteiger partial charge in [-0.25, -0.2) is 13.2 Å². The van der Waals surface area contributed by atoms with Gasteiger partial charge in [0, 0.05) is 16.5 Å². The molecule has 0 spiro atoms. The van der Waals surface area contributed by atoms with Gasteiger partial charge >= 0.3 is 0 Å². The number of nitrogens with zero attached hydrogens (tertiary/aromatic N) is 2. The molecule has 2 aromatic carbocycles. The standard InChI is InChI=1S/C25H24F3N3O/c26-18-6-8-23-19(12-18)20(14-29-31-23)16-3-1-15(2-4-16)13-25(9-10-25)30-24(32)17-5-7-21(27)22(28)11-17/h5-8,11-12,14-16H,1-4,9-10,13H2,(H,30,32). The lowest BCUT2D eigenvalue weighted by atomic mass is 9.76. The summed E-state index contributed by atoms with van der Waals surface area (Å²) in [6.07, 6.45) is 8.46. The molecule has 0 unspecified atom stereocenters. The molecular weight excluding hydrogens is 415 g/mol. The van der Waals surface area contributed by atoms with Crippen molar-refractivity contribution in [2.75, 3.05) is 0 Å². The maximum absolute atomic E-state index is 13.8. The summed E-state index contributed by atoms with van der Waals surface area (Å²) in [6, 6.07) is 7.85. The fraction of sp³-hybridized carbons (Fsp3) is 0.400. The molecule has 0 bridgehead atoms. The number of rotatable bonds is 5. The summed E-state index contributed by atoms with van der Waals surface area (Å²) in [5, 5.41) is 12.1. The second-order valence-electron chi connectivity index (χ2n) is 9.25. The number of hydrogen-bond donors (Lipinski definition) is 1. The molecule has 0 radical (unpaired) electrons. The van der Waals surface area contributed by atoms with E-state index in [-0.39, 0.29) is 22.8 Å². The zero-order chi connectivity index (χ0) is 22.3. The van der Waals surface area contributed by atoms with Crippen molar-refractivity contribution in [1.29, 1.82) is 0 Å². The molecule has 5 rings (SSSR count). The average Bonchev–Trinajstić information content (AvgIpc) is 3.54. The summed E-state index contributed by atoms with van der Waals surface area (Å²) in [7, 11) is 0. The Balaban J connectivity index is 1.21. The Hall–Kier alpha value is -2.96. The molecule has 0 atom stereocenters. The monoisotopic (exact) mass is 439 g/mol. The van der Waals surface area contributed by atoms with Crippen LogP contribution in [0.25, 0.3) is 10.9 Å². The van der Waals surface area contributed by atoms with Gasteiger partial charge in [0.05, 0.1) is 11.7 Å². The van der Waals surface area contributed by atoms with Gasteiger partial charge in [-0.05, 0) is 98.7 Å². The van der Waals surface area contributed by atoms with Gasteiger partial charge in [-0.1, -0.05) is 0 Å². The Morgan fingerprint density at radius 2 is 1.78 bits per heavy atom. The van der Waals surface area contributed by atoms with E-state index < -0.39 is 11.6 Å². The third-order valence-corrected chi connectivity index (χ3v) is 7.01. The number of hydrogen-bond acceptors (Lipinski definition) is 3. The fourth-order valence-electron chi connectivity index (χ4n) is 5.09. The van der Waals surface area contributed by atoms with Gasteiger partial charge in [-0.2, -0.15) is 10.2 Å². The quantitative estimate of drug-likeness (QED) is 0.557. The largest absolute Gasteiger partial charge is 0.347 e. The van der Waals surface area contributed by atoms with Crippen LogP contribution in [0.2, 0.25) is 0 Å². The highest BCUT2D eigenvalue weighted by Crippen LogP contribution is 2.47. The number of amides is 1. The SMILES string of the molecule is O=C(NC1(CC2CCC(c3cnnc4ccc(F)cc34)CC2)CC1)c1ccc(F)c(F)c1. The number of halogens is 3. The fourth-order valence-corrected chi connectivity index (χ4v) is 5.09. The summed E-state index contributed by atoms with van der Waals surface area (Å²) < 4.78 is 40.4. The molecule has 1 heterocycles. The predicted octanol–water partition coefficient (Wildman–Crippen LogP) is 5.67. The number of benzene rings is 2. The van der Waals surface area contributed by atoms with Crippen molar-refractivity contribution in [2.24, 2.45) is 5.92 Å². The molecule has 4 nitrogen and oxygen atoms in total. The molecule has 166 valence electrons. The smallest absolute Gasteiger partial charge is 0.251 e. The zero-order valence-corrected chi connectivity index (χ0v) is 17.6. The maximum Gasteiger partial charge on any atom is 0.251 e. The van der Waals surface area contributed by atoms with Gasteiger partial charge < -0.3 is 5.32 Å². The van der Waals surface area contributed by atoms with Gasteiger partial charge in [0.2, 0.25) is 0 Å². The first-order chi connectivity index (χ1) is 15.4. The highest BCUT2D eigenvalue weighted by Gasteiger charge is 2.46. The summed E-state index contributed by atoms with van der Waals surface area (Å²) in [4.78, 5) is 12.6. The highest BCUT2D eigenvalue weighted by atomic mass is 19.2. The van der Waals surface area contributed by atoms with Crippen molar-refractivity contribution in [3.63, 3.8) is 0 Å². The minimum Gasteiger partial charge on any atom is -0.347 e. The van der Waals surface area contributed by atoms with E-state index in [1.54, 1.807) is 18.3 Å².